The van der Waals surface area contributed by atoms with E-state index in [-0.39, 0.29) is 29.3 Å². The number of piperidine rings is 1. The molecule has 4 bridgehead atoms. The van der Waals surface area contributed by atoms with Crippen molar-refractivity contribution in [3.8, 4) is 11.8 Å². The van der Waals surface area contributed by atoms with Crippen LogP contribution in [0.5, 0.6) is 0 Å². The van der Waals surface area contributed by atoms with Crippen LogP contribution in [0.25, 0.3) is 10.9 Å². The predicted octanol–water partition coefficient (Wildman–Crippen LogP) is 5.25. The molecule has 0 radical (unpaired) electrons. The van der Waals surface area contributed by atoms with Gasteiger partial charge in [-0.3, -0.25) is 24.3 Å². The van der Waals surface area contributed by atoms with E-state index in [0.717, 1.165) is 50.0 Å². The van der Waals surface area contributed by atoms with Gasteiger partial charge in [0, 0.05) is 23.9 Å². The van der Waals surface area contributed by atoms with E-state index in [1.807, 2.05) is 5.32 Å². The van der Waals surface area contributed by atoms with E-state index in [1.165, 1.54) is 50.7 Å². The fourth-order valence-electron chi connectivity index (χ4n) is 8.29. The van der Waals surface area contributed by atoms with Crippen LogP contribution in [0.4, 0.5) is 13.2 Å². The largest absolute Gasteiger partial charge is 0.449 e. The minimum Gasteiger partial charge on any atom is -0.311 e. The summed E-state index contributed by atoms with van der Waals surface area (Å²) in [4.78, 5) is 41.2. The summed E-state index contributed by atoms with van der Waals surface area (Å²) < 4.78 is 42.2. The maximum atomic E-state index is 13.9. The van der Waals surface area contributed by atoms with E-state index >= 15 is 0 Å². The lowest BCUT2D eigenvalue weighted by Crippen LogP contribution is -2.58. The van der Waals surface area contributed by atoms with Gasteiger partial charge in [-0.25, -0.2) is 4.98 Å². The smallest absolute Gasteiger partial charge is 0.311 e. The molecule has 0 spiro atoms. The van der Waals surface area contributed by atoms with E-state index in [2.05, 4.69) is 22.1 Å². The normalized spacial score (nSPS) is 28.5. The molecule has 224 valence electrons. The van der Waals surface area contributed by atoms with Crippen LogP contribution in [0.15, 0.2) is 23.0 Å². The van der Waals surface area contributed by atoms with Crippen LogP contribution in [0.2, 0.25) is 0 Å². The fourth-order valence-corrected chi connectivity index (χ4v) is 8.29. The number of alkyl halides is 3. The topological polar surface area (TPSA) is 93.1 Å². The zero-order valence-electron chi connectivity index (χ0n) is 23.7. The first kappa shape index (κ1) is 28.9. The van der Waals surface area contributed by atoms with Gasteiger partial charge in [0.15, 0.2) is 0 Å². The SMILES string of the molecule is O=C1CCC(n2c(C(F)(F)F)nc3cccc(C#CCCCCCCNC45CC6CC(CC(C6)C4)C5)c3c2=O)C(=O)N1. The van der Waals surface area contributed by atoms with E-state index in [9.17, 15) is 27.6 Å². The summed E-state index contributed by atoms with van der Waals surface area (Å²) in [5, 5.41) is 5.91. The van der Waals surface area contributed by atoms with E-state index in [1.54, 1.807) is 6.07 Å². The second kappa shape index (κ2) is 11.5. The molecule has 2 heterocycles. The number of hydrogen-bond donors (Lipinski definition) is 2. The molecule has 1 saturated heterocycles. The van der Waals surface area contributed by atoms with Crippen molar-refractivity contribution in [2.24, 2.45) is 17.8 Å². The third kappa shape index (κ3) is 5.85. The highest BCUT2D eigenvalue weighted by Gasteiger charge is 2.50. The maximum absolute atomic E-state index is 13.9. The van der Waals surface area contributed by atoms with Crippen molar-refractivity contribution in [2.45, 2.75) is 101 Å². The second-order valence-electron chi connectivity index (χ2n) is 12.9. The van der Waals surface area contributed by atoms with Gasteiger partial charge in [-0.2, -0.15) is 13.2 Å². The number of carbonyl (C=O) groups excluding carboxylic acids is 2. The number of unbranched alkanes of at least 4 members (excludes halogenated alkanes) is 4. The van der Waals surface area contributed by atoms with Crippen LogP contribution in [-0.4, -0.2) is 33.4 Å². The van der Waals surface area contributed by atoms with Crippen molar-refractivity contribution in [1.82, 2.24) is 20.2 Å². The average Bonchev–Trinajstić information content (AvgIpc) is 2.91. The van der Waals surface area contributed by atoms with Crippen molar-refractivity contribution < 1.29 is 22.8 Å². The van der Waals surface area contributed by atoms with Crippen molar-refractivity contribution in [1.29, 1.82) is 0 Å². The molecule has 1 unspecified atom stereocenters. The third-order valence-electron chi connectivity index (χ3n) is 9.69. The molecule has 5 fully saturated rings. The summed E-state index contributed by atoms with van der Waals surface area (Å²) in [6, 6.07) is 2.95. The highest BCUT2D eigenvalue weighted by molar-refractivity contribution is 5.99. The van der Waals surface area contributed by atoms with Gasteiger partial charge >= 0.3 is 6.18 Å². The quantitative estimate of drug-likeness (QED) is 0.252. The first-order valence-electron chi connectivity index (χ1n) is 15.3. The van der Waals surface area contributed by atoms with Gasteiger partial charge in [0.1, 0.15) is 6.04 Å². The van der Waals surface area contributed by atoms with Crippen molar-refractivity contribution >= 4 is 22.7 Å². The van der Waals surface area contributed by atoms with Crippen molar-refractivity contribution in [3.63, 3.8) is 0 Å². The molecule has 4 aliphatic carbocycles. The molecule has 5 aliphatic rings. The Labute approximate surface area is 243 Å². The Morgan fingerprint density at radius 1 is 1.00 bits per heavy atom. The number of aromatic nitrogens is 2. The van der Waals surface area contributed by atoms with E-state index in [0.29, 0.717) is 16.5 Å². The Bertz CT molecular complexity index is 1470. The van der Waals surface area contributed by atoms with Crippen LogP contribution in [0, 0.1) is 29.6 Å². The molecular weight excluding hydrogens is 545 g/mol. The molecule has 7 rings (SSSR count). The monoisotopic (exact) mass is 582 g/mol. The Morgan fingerprint density at radius 2 is 1.69 bits per heavy atom. The summed E-state index contributed by atoms with van der Waals surface area (Å²) in [5.74, 6) is 5.85. The maximum Gasteiger partial charge on any atom is 0.449 e. The van der Waals surface area contributed by atoms with Crippen LogP contribution in [-0.2, 0) is 15.8 Å². The minimum atomic E-state index is -4.97. The summed E-state index contributed by atoms with van der Waals surface area (Å²) in [7, 11) is 0. The van der Waals surface area contributed by atoms with Gasteiger partial charge in [0.25, 0.3) is 5.56 Å². The number of carbonyl (C=O) groups is 2. The van der Waals surface area contributed by atoms with Gasteiger partial charge in [-0.05, 0) is 94.2 Å². The number of fused-ring (bicyclic) bond motifs is 1. The molecule has 42 heavy (non-hydrogen) atoms. The second-order valence-corrected chi connectivity index (χ2v) is 12.9. The zero-order chi connectivity index (χ0) is 29.5. The van der Waals surface area contributed by atoms with Gasteiger partial charge in [-0.15, -0.1) is 0 Å². The predicted molar refractivity (Wildman–Crippen MR) is 151 cm³/mol. The van der Waals surface area contributed by atoms with Crippen molar-refractivity contribution in [3.05, 3.63) is 39.9 Å². The first-order chi connectivity index (χ1) is 20.1. The lowest BCUT2D eigenvalue weighted by Gasteiger charge is -2.57. The Hall–Kier alpha value is -3.19. The summed E-state index contributed by atoms with van der Waals surface area (Å²) in [5.41, 5.74) is -0.447. The number of amides is 2. The van der Waals surface area contributed by atoms with E-state index in [4.69, 9.17) is 0 Å². The third-order valence-corrected chi connectivity index (χ3v) is 9.69. The summed E-state index contributed by atoms with van der Waals surface area (Å²) in [6.07, 6.45) is 7.82. The molecule has 1 aliphatic heterocycles. The van der Waals surface area contributed by atoms with Crippen LogP contribution in [0.1, 0.15) is 101 Å². The van der Waals surface area contributed by atoms with Crippen LogP contribution in [0.3, 0.4) is 0 Å². The van der Waals surface area contributed by atoms with E-state index < -0.39 is 35.4 Å². The van der Waals surface area contributed by atoms with Gasteiger partial charge in [0.2, 0.25) is 17.6 Å². The van der Waals surface area contributed by atoms with Crippen LogP contribution >= 0.6 is 0 Å². The Morgan fingerprint density at radius 3 is 2.36 bits per heavy atom. The average molecular weight is 583 g/mol. The highest BCUT2D eigenvalue weighted by atomic mass is 19.4. The first-order valence-corrected chi connectivity index (χ1v) is 15.3. The molecule has 1 aromatic carbocycles. The van der Waals surface area contributed by atoms with Crippen LogP contribution < -0.4 is 16.2 Å². The molecule has 4 saturated carbocycles. The standard InChI is InChI=1S/C32H37F3N4O3/c33-32(34,35)30-37-24-10-7-9-23(27(24)29(42)39(30)25-11-12-26(40)38-28(25)41)8-5-3-1-2-4-6-13-36-31-17-20-14-21(18-31)16-22(15-20)19-31/h7,9-10,20-22,25,36H,1-4,6,11-19H2,(H,38,40,41). The summed E-state index contributed by atoms with van der Waals surface area (Å²) >= 11 is 0. The molecular formula is C32H37F3N4O3. The minimum absolute atomic E-state index is 0.0570. The highest BCUT2D eigenvalue weighted by Crippen LogP contribution is 2.55. The summed E-state index contributed by atoms with van der Waals surface area (Å²) in [6.45, 7) is 1.06. The molecule has 1 atom stereocenters. The Balaban J connectivity index is 1.08. The lowest BCUT2D eigenvalue weighted by molar-refractivity contribution is -0.150. The number of nitrogens with one attached hydrogen (secondary N) is 2. The number of nitrogens with zero attached hydrogens (tertiary/aromatic N) is 2. The van der Waals surface area contributed by atoms with Crippen molar-refractivity contribution in [2.75, 3.05) is 6.54 Å². The number of hydrogen-bond acceptors (Lipinski definition) is 5. The number of halogens is 3. The van der Waals surface area contributed by atoms with Gasteiger partial charge in [-0.1, -0.05) is 30.7 Å². The van der Waals surface area contributed by atoms with Gasteiger partial charge < -0.3 is 5.32 Å². The molecule has 7 nitrogen and oxygen atoms in total. The number of rotatable bonds is 8. The van der Waals surface area contributed by atoms with Gasteiger partial charge in [0.05, 0.1) is 10.9 Å². The molecule has 10 heteroatoms. The molecule has 2 amide bonds. The zero-order valence-corrected chi connectivity index (χ0v) is 23.7. The molecule has 2 aromatic rings. The lowest BCUT2D eigenvalue weighted by atomic mass is 9.53. The molecule has 2 N–H and O–H groups in total. The molecule has 1 aromatic heterocycles. The Kier molecular flexibility index (Phi) is 7.90. The number of imide groups is 1. The fraction of sp³-hybridized carbons (Fsp3) is 0.625. The number of benzene rings is 1.